The number of nitrogens with zero attached hydrogens (tertiary/aromatic N) is 2. The minimum Gasteiger partial charge on any atom is -0.330 e. The van der Waals surface area contributed by atoms with Crippen molar-refractivity contribution < 1.29 is 0 Å². The standard InChI is InChI=1S/C10H17N3/c1-7-3-4-10-9(8(7)5-11)6-13(2)12-10/h6-8H,3-5,11H2,1-2H3. The molecule has 2 N–H and O–H groups in total. The second kappa shape index (κ2) is 3.14. The molecule has 3 heteroatoms. The van der Waals surface area contributed by atoms with Crippen molar-refractivity contribution in [3.63, 3.8) is 0 Å². The maximum Gasteiger partial charge on any atom is 0.0659 e. The second-order valence-electron chi connectivity index (χ2n) is 4.06. The summed E-state index contributed by atoms with van der Waals surface area (Å²) in [6.07, 6.45) is 4.47. The normalized spacial score (nSPS) is 27.3. The first-order valence-electron chi connectivity index (χ1n) is 4.95. The largest absolute Gasteiger partial charge is 0.330 e. The molecule has 2 unspecified atom stereocenters. The van der Waals surface area contributed by atoms with Crippen LogP contribution >= 0.6 is 0 Å². The molecule has 1 aromatic heterocycles. The van der Waals surface area contributed by atoms with Gasteiger partial charge in [-0.1, -0.05) is 6.92 Å². The van der Waals surface area contributed by atoms with Gasteiger partial charge in [-0.15, -0.1) is 0 Å². The first-order valence-corrected chi connectivity index (χ1v) is 4.95. The van der Waals surface area contributed by atoms with Gasteiger partial charge in [-0.2, -0.15) is 5.10 Å². The number of hydrogen-bond acceptors (Lipinski definition) is 2. The third-order valence-electron chi connectivity index (χ3n) is 3.11. The Morgan fingerprint density at radius 2 is 2.46 bits per heavy atom. The maximum absolute atomic E-state index is 5.78. The van der Waals surface area contributed by atoms with Gasteiger partial charge < -0.3 is 5.73 Å². The molecule has 0 fully saturated rings. The number of hydrogen-bond donors (Lipinski definition) is 1. The topological polar surface area (TPSA) is 43.8 Å². The molecule has 1 heterocycles. The molecule has 1 aliphatic carbocycles. The van der Waals surface area contributed by atoms with Crippen LogP contribution in [0.25, 0.3) is 0 Å². The molecule has 3 nitrogen and oxygen atoms in total. The number of fused-ring (bicyclic) bond motifs is 1. The summed E-state index contributed by atoms with van der Waals surface area (Å²) in [5, 5.41) is 4.44. The third kappa shape index (κ3) is 1.37. The zero-order valence-electron chi connectivity index (χ0n) is 8.33. The van der Waals surface area contributed by atoms with Gasteiger partial charge in [0, 0.05) is 19.2 Å². The van der Waals surface area contributed by atoms with Crippen molar-refractivity contribution in [2.75, 3.05) is 6.54 Å². The van der Waals surface area contributed by atoms with E-state index in [0.29, 0.717) is 11.8 Å². The van der Waals surface area contributed by atoms with Crippen LogP contribution < -0.4 is 5.73 Å². The maximum atomic E-state index is 5.78. The highest BCUT2D eigenvalue weighted by Crippen LogP contribution is 2.34. The number of aryl methyl sites for hydroxylation is 2. The first kappa shape index (κ1) is 8.75. The molecule has 0 saturated carbocycles. The van der Waals surface area contributed by atoms with Gasteiger partial charge in [-0.25, -0.2) is 0 Å². The Morgan fingerprint density at radius 1 is 1.69 bits per heavy atom. The predicted octanol–water partition coefficient (Wildman–Crippen LogP) is 1.04. The minimum absolute atomic E-state index is 0.525. The molecule has 0 amide bonds. The lowest BCUT2D eigenvalue weighted by molar-refractivity contribution is 0.407. The molecule has 0 radical (unpaired) electrons. The molecule has 1 aromatic rings. The van der Waals surface area contributed by atoms with E-state index < -0.39 is 0 Å². The molecule has 1 aliphatic rings. The van der Waals surface area contributed by atoms with Gasteiger partial charge >= 0.3 is 0 Å². The van der Waals surface area contributed by atoms with Gasteiger partial charge in [0.15, 0.2) is 0 Å². The van der Waals surface area contributed by atoms with Gasteiger partial charge in [0.05, 0.1) is 5.69 Å². The van der Waals surface area contributed by atoms with Crippen molar-refractivity contribution in [2.45, 2.75) is 25.7 Å². The highest BCUT2D eigenvalue weighted by atomic mass is 15.3. The van der Waals surface area contributed by atoms with Crippen LogP contribution in [0.3, 0.4) is 0 Å². The summed E-state index contributed by atoms with van der Waals surface area (Å²) in [5.41, 5.74) is 8.42. The highest BCUT2D eigenvalue weighted by molar-refractivity contribution is 5.26. The van der Waals surface area contributed by atoms with Crippen molar-refractivity contribution in [1.82, 2.24) is 9.78 Å². The van der Waals surface area contributed by atoms with Crippen molar-refractivity contribution >= 4 is 0 Å². The SMILES string of the molecule is CC1CCc2nn(C)cc2C1CN. The molecule has 0 aliphatic heterocycles. The molecule has 2 rings (SSSR count). The highest BCUT2D eigenvalue weighted by Gasteiger charge is 2.27. The van der Waals surface area contributed by atoms with Crippen molar-refractivity contribution in [3.05, 3.63) is 17.5 Å². The van der Waals surface area contributed by atoms with E-state index in [1.165, 1.54) is 17.7 Å². The molecular weight excluding hydrogens is 162 g/mol. The molecule has 72 valence electrons. The molecule has 0 aromatic carbocycles. The van der Waals surface area contributed by atoms with Gasteiger partial charge in [-0.05, 0) is 30.9 Å². The van der Waals surface area contributed by atoms with Crippen LogP contribution in [0.5, 0.6) is 0 Å². The minimum atomic E-state index is 0.525. The monoisotopic (exact) mass is 179 g/mol. The Kier molecular flexibility index (Phi) is 2.12. The van der Waals surface area contributed by atoms with Crippen LogP contribution in [-0.2, 0) is 13.5 Å². The van der Waals surface area contributed by atoms with E-state index in [2.05, 4.69) is 18.2 Å². The van der Waals surface area contributed by atoms with Gasteiger partial charge in [0.2, 0.25) is 0 Å². The smallest absolute Gasteiger partial charge is 0.0659 e. The third-order valence-corrected chi connectivity index (χ3v) is 3.11. The molecule has 2 atom stereocenters. The quantitative estimate of drug-likeness (QED) is 0.700. The van der Waals surface area contributed by atoms with Crippen molar-refractivity contribution in [1.29, 1.82) is 0 Å². The Morgan fingerprint density at radius 3 is 3.15 bits per heavy atom. The van der Waals surface area contributed by atoms with E-state index in [9.17, 15) is 0 Å². The molecule has 0 saturated heterocycles. The van der Waals surface area contributed by atoms with Crippen LogP contribution in [-0.4, -0.2) is 16.3 Å². The van der Waals surface area contributed by atoms with Crippen LogP contribution in [0.4, 0.5) is 0 Å². The number of nitrogens with two attached hydrogens (primary N) is 1. The Hall–Kier alpha value is -0.830. The lowest BCUT2D eigenvalue weighted by Crippen LogP contribution is -2.24. The fourth-order valence-corrected chi connectivity index (χ4v) is 2.29. The van der Waals surface area contributed by atoms with Crippen LogP contribution in [0, 0.1) is 5.92 Å². The van der Waals surface area contributed by atoms with E-state index >= 15 is 0 Å². The van der Waals surface area contributed by atoms with E-state index in [0.717, 1.165) is 13.0 Å². The van der Waals surface area contributed by atoms with Gasteiger partial charge in [0.1, 0.15) is 0 Å². The summed E-state index contributed by atoms with van der Waals surface area (Å²) in [5.74, 6) is 1.24. The van der Waals surface area contributed by atoms with Crippen LogP contribution in [0.1, 0.15) is 30.5 Å². The molecular formula is C10H17N3. The predicted molar refractivity (Wildman–Crippen MR) is 52.5 cm³/mol. The molecule has 13 heavy (non-hydrogen) atoms. The fraction of sp³-hybridized carbons (Fsp3) is 0.700. The van der Waals surface area contributed by atoms with E-state index in [1.54, 1.807) is 0 Å². The zero-order chi connectivity index (χ0) is 9.42. The lowest BCUT2D eigenvalue weighted by Gasteiger charge is -2.26. The average Bonchev–Trinajstić information content (AvgIpc) is 2.45. The molecule has 0 bridgehead atoms. The summed E-state index contributed by atoms with van der Waals surface area (Å²) in [6.45, 7) is 3.04. The van der Waals surface area contributed by atoms with Gasteiger partial charge in [0.25, 0.3) is 0 Å². The summed E-state index contributed by atoms with van der Waals surface area (Å²) < 4.78 is 1.91. The van der Waals surface area contributed by atoms with E-state index in [4.69, 9.17) is 5.73 Å². The summed E-state index contributed by atoms with van der Waals surface area (Å²) >= 11 is 0. The first-order chi connectivity index (χ1) is 6.22. The lowest BCUT2D eigenvalue weighted by atomic mass is 9.79. The van der Waals surface area contributed by atoms with Crippen molar-refractivity contribution in [2.24, 2.45) is 18.7 Å². The Balaban J connectivity index is 2.38. The fourth-order valence-electron chi connectivity index (χ4n) is 2.29. The van der Waals surface area contributed by atoms with Crippen molar-refractivity contribution in [3.8, 4) is 0 Å². The Labute approximate surface area is 78.9 Å². The van der Waals surface area contributed by atoms with Crippen LogP contribution in [0.2, 0.25) is 0 Å². The second-order valence-corrected chi connectivity index (χ2v) is 4.06. The zero-order valence-corrected chi connectivity index (χ0v) is 8.33. The summed E-state index contributed by atoms with van der Waals surface area (Å²) in [4.78, 5) is 0. The summed E-state index contributed by atoms with van der Waals surface area (Å²) in [7, 11) is 1.98. The van der Waals surface area contributed by atoms with E-state index in [1.807, 2.05) is 11.7 Å². The van der Waals surface area contributed by atoms with E-state index in [-0.39, 0.29) is 0 Å². The van der Waals surface area contributed by atoms with Gasteiger partial charge in [-0.3, -0.25) is 4.68 Å². The Bertz CT molecular complexity index is 303. The summed E-state index contributed by atoms with van der Waals surface area (Å²) in [6, 6.07) is 0. The molecule has 0 spiro atoms. The number of aromatic nitrogens is 2. The number of rotatable bonds is 1. The van der Waals surface area contributed by atoms with Crippen LogP contribution in [0.15, 0.2) is 6.20 Å². The average molecular weight is 179 g/mol.